The Morgan fingerprint density at radius 1 is 1.24 bits per heavy atom. The molecule has 29 heavy (non-hydrogen) atoms. The highest BCUT2D eigenvalue weighted by Crippen LogP contribution is 2.24. The van der Waals surface area contributed by atoms with E-state index in [4.69, 9.17) is 11.5 Å². The third-order valence-corrected chi connectivity index (χ3v) is 5.14. The van der Waals surface area contributed by atoms with Crippen LogP contribution in [0.3, 0.4) is 0 Å². The number of hydrogen-bond donors (Lipinski definition) is 4. The maximum Gasteiger partial charge on any atom is 0.351 e. The molecule has 0 aliphatic carbocycles. The molecule has 0 saturated carbocycles. The van der Waals surface area contributed by atoms with E-state index in [1.165, 1.54) is 11.1 Å². The van der Waals surface area contributed by atoms with Crippen LogP contribution in [-0.2, 0) is 9.59 Å². The van der Waals surface area contributed by atoms with E-state index in [2.05, 4.69) is 5.32 Å². The van der Waals surface area contributed by atoms with Crippen LogP contribution in [0, 0.1) is 11.8 Å². The molecule has 0 fully saturated rings. The molecule has 2 amide bonds. The second-order valence-corrected chi connectivity index (χ2v) is 8.02. The van der Waals surface area contributed by atoms with Crippen molar-refractivity contribution >= 4 is 11.8 Å². The van der Waals surface area contributed by atoms with E-state index < -0.39 is 36.1 Å². The number of allylic oxidation sites excluding steroid dienone is 2. The first-order chi connectivity index (χ1) is 13.4. The summed E-state index contributed by atoms with van der Waals surface area (Å²) in [6.45, 7) is 7.08. The number of nitrogens with one attached hydrogen (secondary N) is 1. The van der Waals surface area contributed by atoms with Crippen LogP contribution < -0.4 is 16.8 Å². The summed E-state index contributed by atoms with van der Waals surface area (Å²) in [5.74, 6) is -6.11. The first-order valence-electron chi connectivity index (χ1n) is 9.95. The van der Waals surface area contributed by atoms with Crippen molar-refractivity contribution in [1.29, 1.82) is 0 Å². The van der Waals surface area contributed by atoms with Gasteiger partial charge in [-0.05, 0) is 24.3 Å². The van der Waals surface area contributed by atoms with Crippen molar-refractivity contribution in [2.24, 2.45) is 23.3 Å². The SMILES string of the molecule is CC[C@H](C)[C@H](N)C(=O)N1C=CC=CC1CNC(=O)C(F)(F)C(O)C(N)CC(C)C. The van der Waals surface area contributed by atoms with Gasteiger partial charge in [0, 0.05) is 18.8 Å². The van der Waals surface area contributed by atoms with Gasteiger partial charge < -0.3 is 26.8 Å². The normalized spacial score (nSPS) is 21.0. The van der Waals surface area contributed by atoms with E-state index in [-0.39, 0.29) is 30.7 Å². The highest BCUT2D eigenvalue weighted by molar-refractivity contribution is 5.85. The highest BCUT2D eigenvalue weighted by atomic mass is 19.3. The minimum absolute atomic E-state index is 0.00744. The molecule has 0 radical (unpaired) electrons. The smallest absolute Gasteiger partial charge is 0.351 e. The Balaban J connectivity index is 2.78. The van der Waals surface area contributed by atoms with Crippen molar-refractivity contribution in [3.8, 4) is 0 Å². The molecule has 6 N–H and O–H groups in total. The number of carbonyl (C=O) groups is 2. The third kappa shape index (κ3) is 6.58. The highest BCUT2D eigenvalue weighted by Gasteiger charge is 2.49. The number of carbonyl (C=O) groups excluding carboxylic acids is 2. The zero-order chi connectivity index (χ0) is 22.4. The molecular weight excluding hydrogens is 382 g/mol. The molecule has 0 spiro atoms. The van der Waals surface area contributed by atoms with Gasteiger partial charge in [0.2, 0.25) is 5.91 Å². The fourth-order valence-corrected chi connectivity index (χ4v) is 3.00. The van der Waals surface area contributed by atoms with Crippen LogP contribution in [-0.4, -0.2) is 58.5 Å². The van der Waals surface area contributed by atoms with Gasteiger partial charge in [0.1, 0.15) is 6.10 Å². The molecule has 1 aliphatic heterocycles. The van der Waals surface area contributed by atoms with Gasteiger partial charge >= 0.3 is 5.92 Å². The van der Waals surface area contributed by atoms with E-state index in [0.717, 1.165) is 0 Å². The summed E-state index contributed by atoms with van der Waals surface area (Å²) in [7, 11) is 0. The molecule has 7 nitrogen and oxygen atoms in total. The van der Waals surface area contributed by atoms with Crippen molar-refractivity contribution in [1.82, 2.24) is 10.2 Å². The molecule has 1 aliphatic rings. The summed E-state index contributed by atoms with van der Waals surface area (Å²) in [6, 6.07) is -2.64. The van der Waals surface area contributed by atoms with Crippen molar-refractivity contribution in [3.05, 3.63) is 24.4 Å². The fraction of sp³-hybridized carbons (Fsp3) is 0.700. The van der Waals surface area contributed by atoms with Gasteiger partial charge in [-0.15, -0.1) is 0 Å². The quantitative estimate of drug-likeness (QED) is 0.425. The maximum atomic E-state index is 14.3. The first-order valence-corrected chi connectivity index (χ1v) is 9.95. The predicted molar refractivity (Wildman–Crippen MR) is 108 cm³/mol. The lowest BCUT2D eigenvalue weighted by Gasteiger charge is -2.33. The summed E-state index contributed by atoms with van der Waals surface area (Å²) >= 11 is 0. The molecule has 0 aromatic carbocycles. The van der Waals surface area contributed by atoms with E-state index in [1.807, 2.05) is 13.8 Å². The summed E-state index contributed by atoms with van der Waals surface area (Å²) in [5.41, 5.74) is 11.6. The molecule has 0 aromatic heterocycles. The van der Waals surface area contributed by atoms with Gasteiger partial charge in [-0.3, -0.25) is 9.59 Å². The molecule has 1 rings (SSSR count). The van der Waals surface area contributed by atoms with E-state index >= 15 is 0 Å². The van der Waals surface area contributed by atoms with Crippen LogP contribution in [0.15, 0.2) is 24.4 Å². The van der Waals surface area contributed by atoms with Crippen LogP contribution in [0.4, 0.5) is 8.78 Å². The fourth-order valence-electron chi connectivity index (χ4n) is 3.00. The van der Waals surface area contributed by atoms with Gasteiger partial charge in [-0.2, -0.15) is 8.78 Å². The molecule has 5 atom stereocenters. The average Bonchev–Trinajstić information content (AvgIpc) is 2.69. The zero-order valence-electron chi connectivity index (χ0n) is 17.5. The monoisotopic (exact) mass is 416 g/mol. The standard InChI is InChI=1S/C20H34F2N4O3/c1-5-13(4)16(24)18(28)26-9-7-6-8-14(26)11-25-19(29)20(21,22)17(27)15(23)10-12(2)3/h6-9,12-17,27H,5,10-11,23-24H2,1-4H3,(H,25,29)/t13-,14?,15?,16-,17?/m0/s1. The van der Waals surface area contributed by atoms with Crippen LogP contribution in [0.5, 0.6) is 0 Å². The minimum Gasteiger partial charge on any atom is -0.385 e. The van der Waals surface area contributed by atoms with Crippen LogP contribution in [0.25, 0.3) is 0 Å². The zero-order valence-corrected chi connectivity index (χ0v) is 17.5. The lowest BCUT2D eigenvalue weighted by Crippen LogP contribution is -2.57. The Kier molecular flexibility index (Phi) is 9.38. The summed E-state index contributed by atoms with van der Waals surface area (Å²) in [6.07, 6.45) is 4.96. The van der Waals surface area contributed by atoms with Crippen LogP contribution in [0.2, 0.25) is 0 Å². The number of aliphatic hydroxyl groups is 1. The Labute approximate surface area is 171 Å². The Morgan fingerprint density at radius 2 is 1.86 bits per heavy atom. The van der Waals surface area contributed by atoms with Gasteiger partial charge in [-0.25, -0.2) is 0 Å². The number of halogens is 2. The number of alkyl halides is 2. The predicted octanol–water partition coefficient (Wildman–Crippen LogP) is 1.13. The second kappa shape index (κ2) is 10.8. The number of rotatable bonds is 10. The van der Waals surface area contributed by atoms with E-state index in [9.17, 15) is 23.5 Å². The lowest BCUT2D eigenvalue weighted by atomic mass is 9.96. The van der Waals surface area contributed by atoms with Crippen molar-refractivity contribution < 1.29 is 23.5 Å². The Hall–Kier alpha value is -1.84. The van der Waals surface area contributed by atoms with Gasteiger partial charge in [0.15, 0.2) is 0 Å². The second-order valence-electron chi connectivity index (χ2n) is 8.02. The third-order valence-electron chi connectivity index (χ3n) is 5.14. The van der Waals surface area contributed by atoms with E-state index in [1.54, 1.807) is 32.1 Å². The van der Waals surface area contributed by atoms with E-state index in [0.29, 0.717) is 6.42 Å². The topological polar surface area (TPSA) is 122 Å². The molecule has 0 saturated heterocycles. The average molecular weight is 417 g/mol. The molecule has 9 heteroatoms. The molecule has 0 bridgehead atoms. The molecule has 1 heterocycles. The minimum atomic E-state index is -4.05. The Morgan fingerprint density at radius 3 is 2.41 bits per heavy atom. The van der Waals surface area contributed by atoms with Crippen LogP contribution in [0.1, 0.15) is 40.5 Å². The van der Waals surface area contributed by atoms with Crippen molar-refractivity contribution in [2.75, 3.05) is 6.54 Å². The molecule has 0 aromatic rings. The van der Waals surface area contributed by atoms with Gasteiger partial charge in [0.25, 0.3) is 5.91 Å². The van der Waals surface area contributed by atoms with Gasteiger partial charge in [-0.1, -0.05) is 46.3 Å². The van der Waals surface area contributed by atoms with Gasteiger partial charge in [0.05, 0.1) is 12.1 Å². The lowest BCUT2D eigenvalue weighted by molar-refractivity contribution is -0.166. The first kappa shape index (κ1) is 25.2. The Bertz CT molecular complexity index is 625. The molecule has 166 valence electrons. The number of aliphatic hydroxyl groups excluding tert-OH is 1. The summed E-state index contributed by atoms with van der Waals surface area (Å²) in [4.78, 5) is 26.0. The molecule has 3 unspecified atom stereocenters. The maximum absolute atomic E-state index is 14.3. The number of amides is 2. The summed E-state index contributed by atoms with van der Waals surface area (Å²) < 4.78 is 28.7. The van der Waals surface area contributed by atoms with Crippen molar-refractivity contribution in [3.63, 3.8) is 0 Å². The molecular formula is C20H34F2N4O3. The van der Waals surface area contributed by atoms with Crippen molar-refractivity contribution in [2.45, 2.75) is 70.7 Å². The number of nitrogens with two attached hydrogens (primary N) is 2. The number of hydrogen-bond acceptors (Lipinski definition) is 5. The number of nitrogens with zero attached hydrogens (tertiary/aromatic N) is 1. The largest absolute Gasteiger partial charge is 0.385 e. The van der Waals surface area contributed by atoms with Crippen LogP contribution >= 0.6 is 0 Å². The summed E-state index contributed by atoms with van der Waals surface area (Å²) in [5, 5.41) is 12.0.